The first-order valence-corrected chi connectivity index (χ1v) is 8.99. The standard InChI is InChI=1S/C22H26N2/c1-13(2)16-5-7-17(8-6-16)21-22-18(9-10-23-21)19-12-14(3)11-15(4)20(19)24-22/h5-8,11-13,21,23-24H,9-10H2,1-4H3. The van der Waals surface area contributed by atoms with Gasteiger partial charge < -0.3 is 10.3 Å². The maximum Gasteiger partial charge on any atom is 0.0732 e. The molecular weight excluding hydrogens is 292 g/mol. The Morgan fingerprint density at radius 1 is 1.04 bits per heavy atom. The molecule has 0 saturated carbocycles. The number of nitrogens with one attached hydrogen (secondary N) is 2. The zero-order chi connectivity index (χ0) is 16.8. The van der Waals surface area contributed by atoms with Crippen molar-refractivity contribution in [3.05, 3.63) is 69.9 Å². The van der Waals surface area contributed by atoms with E-state index in [9.17, 15) is 0 Å². The molecule has 0 bridgehead atoms. The Morgan fingerprint density at radius 2 is 1.79 bits per heavy atom. The number of benzene rings is 2. The topological polar surface area (TPSA) is 27.8 Å². The number of aryl methyl sites for hydroxylation is 2. The van der Waals surface area contributed by atoms with E-state index in [2.05, 4.69) is 74.4 Å². The lowest BCUT2D eigenvalue weighted by molar-refractivity contribution is 0.560. The number of rotatable bonds is 2. The molecule has 1 atom stereocenters. The van der Waals surface area contributed by atoms with Gasteiger partial charge in [-0.05, 0) is 54.5 Å². The van der Waals surface area contributed by atoms with E-state index in [1.165, 1.54) is 44.4 Å². The van der Waals surface area contributed by atoms with Crippen LogP contribution in [0.25, 0.3) is 10.9 Å². The molecule has 1 aliphatic rings. The summed E-state index contributed by atoms with van der Waals surface area (Å²) in [5, 5.41) is 5.11. The lowest BCUT2D eigenvalue weighted by Gasteiger charge is -2.25. The first kappa shape index (κ1) is 15.5. The molecule has 24 heavy (non-hydrogen) atoms. The molecule has 0 spiro atoms. The van der Waals surface area contributed by atoms with Crippen molar-refractivity contribution in [1.82, 2.24) is 10.3 Å². The molecular formula is C22H26N2. The second-order valence-corrected chi connectivity index (χ2v) is 7.48. The largest absolute Gasteiger partial charge is 0.356 e. The first-order chi connectivity index (χ1) is 11.5. The van der Waals surface area contributed by atoms with Gasteiger partial charge in [0.25, 0.3) is 0 Å². The van der Waals surface area contributed by atoms with Crippen molar-refractivity contribution in [2.45, 2.75) is 46.1 Å². The van der Waals surface area contributed by atoms with Crippen molar-refractivity contribution >= 4 is 10.9 Å². The van der Waals surface area contributed by atoms with Gasteiger partial charge in [-0.25, -0.2) is 0 Å². The quantitative estimate of drug-likeness (QED) is 0.672. The van der Waals surface area contributed by atoms with Crippen molar-refractivity contribution in [1.29, 1.82) is 0 Å². The van der Waals surface area contributed by atoms with Crippen LogP contribution in [-0.4, -0.2) is 11.5 Å². The van der Waals surface area contributed by atoms with E-state index in [1.807, 2.05) is 0 Å². The van der Waals surface area contributed by atoms with Gasteiger partial charge in [-0.15, -0.1) is 0 Å². The molecule has 4 rings (SSSR count). The van der Waals surface area contributed by atoms with E-state index in [0.717, 1.165) is 13.0 Å². The van der Waals surface area contributed by atoms with Gasteiger partial charge in [-0.2, -0.15) is 0 Å². The number of fused-ring (bicyclic) bond motifs is 3. The summed E-state index contributed by atoms with van der Waals surface area (Å²) >= 11 is 0. The number of aromatic nitrogens is 1. The molecule has 2 aromatic carbocycles. The van der Waals surface area contributed by atoms with Gasteiger partial charge in [-0.1, -0.05) is 49.7 Å². The molecule has 2 heterocycles. The van der Waals surface area contributed by atoms with Crippen LogP contribution in [0.4, 0.5) is 0 Å². The Kier molecular flexibility index (Phi) is 3.73. The lowest BCUT2D eigenvalue weighted by Crippen LogP contribution is -2.30. The summed E-state index contributed by atoms with van der Waals surface area (Å²) in [6.07, 6.45) is 1.10. The summed E-state index contributed by atoms with van der Waals surface area (Å²) in [7, 11) is 0. The highest BCUT2D eigenvalue weighted by molar-refractivity contribution is 5.88. The maximum atomic E-state index is 3.73. The third-order valence-electron chi connectivity index (χ3n) is 5.34. The maximum absolute atomic E-state index is 3.73. The van der Waals surface area contributed by atoms with Crippen LogP contribution in [0.3, 0.4) is 0 Å². The number of H-pyrrole nitrogens is 1. The molecule has 0 fully saturated rings. The molecule has 124 valence electrons. The summed E-state index contributed by atoms with van der Waals surface area (Å²) in [6, 6.07) is 14.0. The zero-order valence-electron chi connectivity index (χ0n) is 15.0. The average molecular weight is 318 g/mol. The Hall–Kier alpha value is -2.06. The highest BCUT2D eigenvalue weighted by Gasteiger charge is 2.25. The monoisotopic (exact) mass is 318 g/mol. The minimum Gasteiger partial charge on any atom is -0.356 e. The van der Waals surface area contributed by atoms with Crippen LogP contribution in [0.5, 0.6) is 0 Å². The van der Waals surface area contributed by atoms with E-state index in [-0.39, 0.29) is 6.04 Å². The van der Waals surface area contributed by atoms with Crippen molar-refractivity contribution < 1.29 is 0 Å². The van der Waals surface area contributed by atoms with E-state index < -0.39 is 0 Å². The summed E-state index contributed by atoms with van der Waals surface area (Å²) in [6.45, 7) is 9.92. The fourth-order valence-corrected chi connectivity index (χ4v) is 4.04. The SMILES string of the molecule is Cc1cc(C)c2[nH]c3c(c2c1)CCNC3c1ccc(C(C)C)cc1. The van der Waals surface area contributed by atoms with Gasteiger partial charge in [0.05, 0.1) is 6.04 Å². The molecule has 1 aliphatic heterocycles. The van der Waals surface area contributed by atoms with Crippen LogP contribution in [-0.2, 0) is 6.42 Å². The van der Waals surface area contributed by atoms with E-state index in [1.54, 1.807) is 0 Å². The second kappa shape index (κ2) is 5.78. The van der Waals surface area contributed by atoms with Crippen molar-refractivity contribution in [3.8, 4) is 0 Å². The minimum atomic E-state index is 0.266. The molecule has 1 aromatic heterocycles. The smallest absolute Gasteiger partial charge is 0.0732 e. The Bertz CT molecular complexity index is 884. The highest BCUT2D eigenvalue weighted by atomic mass is 15.0. The average Bonchev–Trinajstić information content (AvgIpc) is 2.94. The van der Waals surface area contributed by atoms with E-state index >= 15 is 0 Å². The molecule has 0 aliphatic carbocycles. The summed E-state index contributed by atoms with van der Waals surface area (Å²) in [4.78, 5) is 3.73. The predicted molar refractivity (Wildman–Crippen MR) is 102 cm³/mol. The summed E-state index contributed by atoms with van der Waals surface area (Å²) in [5.41, 5.74) is 9.58. The van der Waals surface area contributed by atoms with Crippen LogP contribution < -0.4 is 5.32 Å². The molecule has 1 unspecified atom stereocenters. The van der Waals surface area contributed by atoms with Crippen LogP contribution >= 0.6 is 0 Å². The third kappa shape index (κ3) is 2.46. The zero-order valence-corrected chi connectivity index (χ0v) is 15.0. The summed E-state index contributed by atoms with van der Waals surface area (Å²) in [5.74, 6) is 0.577. The molecule has 2 heteroatoms. The van der Waals surface area contributed by atoms with Crippen molar-refractivity contribution in [2.24, 2.45) is 0 Å². The Balaban J connectivity index is 1.82. The first-order valence-electron chi connectivity index (χ1n) is 8.99. The van der Waals surface area contributed by atoms with Crippen LogP contribution in [0, 0.1) is 13.8 Å². The predicted octanol–water partition coefficient (Wildman–Crippen LogP) is 5.14. The fraction of sp³-hybridized carbons (Fsp3) is 0.364. The van der Waals surface area contributed by atoms with E-state index in [0.29, 0.717) is 5.92 Å². The Morgan fingerprint density at radius 3 is 2.50 bits per heavy atom. The summed E-state index contributed by atoms with van der Waals surface area (Å²) < 4.78 is 0. The van der Waals surface area contributed by atoms with Crippen LogP contribution in [0.2, 0.25) is 0 Å². The Labute approximate surface area is 144 Å². The molecule has 3 aromatic rings. The molecule has 2 nitrogen and oxygen atoms in total. The van der Waals surface area contributed by atoms with Gasteiger partial charge >= 0.3 is 0 Å². The molecule has 0 amide bonds. The lowest BCUT2D eigenvalue weighted by atomic mass is 9.92. The second-order valence-electron chi connectivity index (χ2n) is 7.48. The highest BCUT2D eigenvalue weighted by Crippen LogP contribution is 2.35. The van der Waals surface area contributed by atoms with Gasteiger partial charge in [0.1, 0.15) is 0 Å². The van der Waals surface area contributed by atoms with Crippen LogP contribution in [0.15, 0.2) is 36.4 Å². The minimum absolute atomic E-state index is 0.266. The number of aromatic amines is 1. The van der Waals surface area contributed by atoms with Gasteiger partial charge in [-0.3, -0.25) is 0 Å². The molecule has 0 saturated heterocycles. The normalized spacial score (nSPS) is 17.5. The van der Waals surface area contributed by atoms with Gasteiger partial charge in [0.2, 0.25) is 0 Å². The third-order valence-corrected chi connectivity index (χ3v) is 5.34. The van der Waals surface area contributed by atoms with Crippen LogP contribution in [0.1, 0.15) is 59.3 Å². The van der Waals surface area contributed by atoms with Gasteiger partial charge in [0.15, 0.2) is 0 Å². The number of hydrogen-bond donors (Lipinski definition) is 2. The van der Waals surface area contributed by atoms with E-state index in [4.69, 9.17) is 0 Å². The number of hydrogen-bond acceptors (Lipinski definition) is 1. The van der Waals surface area contributed by atoms with Crippen molar-refractivity contribution in [3.63, 3.8) is 0 Å². The molecule has 2 N–H and O–H groups in total. The molecule has 0 radical (unpaired) electrons. The van der Waals surface area contributed by atoms with Gasteiger partial charge in [0, 0.05) is 23.1 Å². The fourth-order valence-electron chi connectivity index (χ4n) is 4.04. The van der Waals surface area contributed by atoms with Crippen molar-refractivity contribution in [2.75, 3.05) is 6.54 Å².